The van der Waals surface area contributed by atoms with Gasteiger partial charge in [-0.15, -0.1) is 11.8 Å². The Bertz CT molecular complexity index is 714. The summed E-state index contributed by atoms with van der Waals surface area (Å²) in [5.74, 6) is 0.00295. The van der Waals surface area contributed by atoms with Gasteiger partial charge in [0.2, 0.25) is 5.91 Å². The van der Waals surface area contributed by atoms with Crippen molar-refractivity contribution in [1.29, 1.82) is 0 Å². The van der Waals surface area contributed by atoms with Crippen molar-refractivity contribution in [2.24, 2.45) is 0 Å². The summed E-state index contributed by atoms with van der Waals surface area (Å²) in [6.07, 6.45) is 2.35. The van der Waals surface area contributed by atoms with E-state index in [4.69, 9.17) is 0 Å². The molecule has 0 aliphatic heterocycles. The quantitative estimate of drug-likeness (QED) is 0.757. The van der Waals surface area contributed by atoms with Gasteiger partial charge in [-0.25, -0.2) is 8.78 Å². The molecule has 2 aromatic carbocycles. The Balaban J connectivity index is 1.44. The van der Waals surface area contributed by atoms with E-state index < -0.39 is 0 Å². The first-order valence-corrected chi connectivity index (χ1v) is 8.98. The molecule has 1 aliphatic rings. The molecule has 2 nitrogen and oxygen atoms in total. The lowest BCUT2D eigenvalue weighted by Gasteiger charge is -2.16. The van der Waals surface area contributed by atoms with Crippen LogP contribution in [0, 0.1) is 11.6 Å². The van der Waals surface area contributed by atoms with Crippen LogP contribution in [0.4, 0.5) is 8.78 Å². The lowest BCUT2D eigenvalue weighted by molar-refractivity contribution is -0.120. The van der Waals surface area contributed by atoms with Gasteiger partial charge >= 0.3 is 0 Å². The number of hydrogen-bond donors (Lipinski definition) is 1. The molecule has 2 aromatic rings. The van der Waals surface area contributed by atoms with Crippen molar-refractivity contribution in [1.82, 2.24) is 5.32 Å². The fourth-order valence-electron chi connectivity index (χ4n) is 2.69. The second kappa shape index (κ2) is 7.34. The maximum absolute atomic E-state index is 13.5. The van der Waals surface area contributed by atoms with Crippen LogP contribution in [0.1, 0.15) is 24.8 Å². The zero-order valence-electron chi connectivity index (χ0n) is 13.2. The highest BCUT2D eigenvalue weighted by Gasteiger charge is 2.44. The Morgan fingerprint density at radius 1 is 1.08 bits per heavy atom. The molecule has 0 bridgehead atoms. The molecule has 24 heavy (non-hydrogen) atoms. The van der Waals surface area contributed by atoms with Crippen LogP contribution in [-0.4, -0.2) is 18.2 Å². The molecule has 0 atom stereocenters. The Morgan fingerprint density at radius 3 is 2.46 bits per heavy atom. The number of thioether (sulfide) groups is 1. The number of amides is 1. The highest BCUT2D eigenvalue weighted by Crippen LogP contribution is 2.47. The van der Waals surface area contributed by atoms with Gasteiger partial charge in [-0.3, -0.25) is 4.79 Å². The van der Waals surface area contributed by atoms with Crippen LogP contribution in [-0.2, 0) is 10.2 Å². The summed E-state index contributed by atoms with van der Waals surface area (Å²) in [6, 6.07) is 13.1. The van der Waals surface area contributed by atoms with Crippen molar-refractivity contribution < 1.29 is 13.6 Å². The third-order valence-electron chi connectivity index (χ3n) is 4.36. The van der Waals surface area contributed by atoms with E-state index in [9.17, 15) is 13.6 Å². The molecule has 0 aromatic heterocycles. The lowest BCUT2D eigenvalue weighted by atomic mass is 9.96. The van der Waals surface area contributed by atoms with Crippen molar-refractivity contribution in [3.8, 4) is 0 Å². The molecule has 1 fully saturated rings. The van der Waals surface area contributed by atoms with E-state index in [0.29, 0.717) is 23.6 Å². The number of benzene rings is 2. The molecule has 3 rings (SSSR count). The summed E-state index contributed by atoms with van der Waals surface area (Å²) in [5, 5.41) is 2.96. The third-order valence-corrected chi connectivity index (χ3v) is 5.41. The molecule has 1 aliphatic carbocycles. The smallest absolute Gasteiger partial charge is 0.220 e. The summed E-state index contributed by atoms with van der Waals surface area (Å²) in [4.78, 5) is 12.6. The molecule has 1 saturated carbocycles. The molecule has 126 valence electrons. The maximum atomic E-state index is 13.5. The molecule has 0 spiro atoms. The minimum atomic E-state index is -0.254. The molecule has 1 N–H and O–H groups in total. The van der Waals surface area contributed by atoms with Crippen LogP contribution in [0.2, 0.25) is 0 Å². The maximum Gasteiger partial charge on any atom is 0.220 e. The van der Waals surface area contributed by atoms with Crippen molar-refractivity contribution in [3.05, 3.63) is 65.7 Å². The monoisotopic (exact) mass is 347 g/mol. The van der Waals surface area contributed by atoms with E-state index in [1.165, 1.54) is 30.0 Å². The Labute approximate surface area is 144 Å². The largest absolute Gasteiger partial charge is 0.355 e. The van der Waals surface area contributed by atoms with Gasteiger partial charge in [-0.2, -0.15) is 0 Å². The molecule has 0 radical (unpaired) electrons. The summed E-state index contributed by atoms with van der Waals surface area (Å²) in [6.45, 7) is 0.571. The van der Waals surface area contributed by atoms with Crippen LogP contribution >= 0.6 is 11.8 Å². The van der Waals surface area contributed by atoms with Crippen molar-refractivity contribution in [2.75, 3.05) is 12.3 Å². The van der Waals surface area contributed by atoms with Gasteiger partial charge in [-0.05, 0) is 42.7 Å². The van der Waals surface area contributed by atoms with Gasteiger partial charge in [-0.1, -0.05) is 24.3 Å². The van der Waals surface area contributed by atoms with Crippen molar-refractivity contribution >= 4 is 17.7 Å². The predicted octanol–water partition coefficient (Wildman–Crippen LogP) is 4.30. The third kappa shape index (κ3) is 4.15. The minimum absolute atomic E-state index is 0.0350. The summed E-state index contributed by atoms with van der Waals surface area (Å²) in [5.41, 5.74) is 1.03. The molecular formula is C19H19F2NOS. The number of carbonyl (C=O) groups is 1. The normalized spacial score (nSPS) is 15.1. The van der Waals surface area contributed by atoms with Crippen molar-refractivity contribution in [3.63, 3.8) is 0 Å². The second-order valence-corrected chi connectivity index (χ2v) is 7.23. The Morgan fingerprint density at radius 2 is 1.79 bits per heavy atom. The molecule has 0 unspecified atom stereocenters. The number of hydrogen-bond acceptors (Lipinski definition) is 2. The topological polar surface area (TPSA) is 29.1 Å². The first kappa shape index (κ1) is 17.0. The number of carbonyl (C=O) groups excluding carboxylic acids is 1. The van der Waals surface area contributed by atoms with Crippen LogP contribution in [0.5, 0.6) is 0 Å². The van der Waals surface area contributed by atoms with E-state index in [2.05, 4.69) is 5.32 Å². The molecular weight excluding hydrogens is 328 g/mol. The number of halogens is 2. The fraction of sp³-hybridized carbons (Fsp3) is 0.316. The van der Waals surface area contributed by atoms with Gasteiger partial charge in [0, 0.05) is 29.0 Å². The van der Waals surface area contributed by atoms with Gasteiger partial charge in [0.25, 0.3) is 0 Å². The van der Waals surface area contributed by atoms with Gasteiger partial charge in [0.05, 0.1) is 0 Å². The number of rotatable bonds is 7. The molecule has 0 heterocycles. The molecule has 0 saturated heterocycles. The van der Waals surface area contributed by atoms with E-state index in [1.807, 2.05) is 0 Å². The standard InChI is InChI=1S/C19H19F2NOS/c20-15-7-5-14(6-8-15)19(10-11-19)13-22-18(23)9-12-24-17-4-2-1-3-16(17)21/h1-8H,9-13H2,(H,22,23). The van der Waals surface area contributed by atoms with Gasteiger partial charge in [0.15, 0.2) is 0 Å². The minimum Gasteiger partial charge on any atom is -0.355 e. The fourth-order valence-corrected chi connectivity index (χ4v) is 3.58. The summed E-state index contributed by atoms with van der Waals surface area (Å²) in [7, 11) is 0. The second-order valence-electron chi connectivity index (χ2n) is 6.09. The van der Waals surface area contributed by atoms with E-state index in [-0.39, 0.29) is 23.0 Å². The average Bonchev–Trinajstić information content (AvgIpc) is 3.37. The SMILES string of the molecule is O=C(CCSc1ccccc1F)NCC1(c2ccc(F)cc2)CC1. The van der Waals surface area contributed by atoms with Gasteiger partial charge < -0.3 is 5.32 Å². The van der Waals surface area contributed by atoms with E-state index in [0.717, 1.165) is 18.4 Å². The van der Waals surface area contributed by atoms with Crippen LogP contribution in [0.15, 0.2) is 53.4 Å². The zero-order chi connectivity index (χ0) is 17.0. The van der Waals surface area contributed by atoms with Crippen LogP contribution < -0.4 is 5.32 Å². The van der Waals surface area contributed by atoms with E-state index >= 15 is 0 Å². The summed E-state index contributed by atoms with van der Waals surface area (Å²) < 4.78 is 26.5. The molecule has 1 amide bonds. The van der Waals surface area contributed by atoms with Crippen LogP contribution in [0.3, 0.4) is 0 Å². The Hall–Kier alpha value is -1.88. The van der Waals surface area contributed by atoms with E-state index in [1.54, 1.807) is 30.3 Å². The first-order valence-electron chi connectivity index (χ1n) is 7.99. The van der Waals surface area contributed by atoms with Gasteiger partial charge in [0.1, 0.15) is 11.6 Å². The molecule has 5 heteroatoms. The summed E-state index contributed by atoms with van der Waals surface area (Å²) >= 11 is 1.34. The predicted molar refractivity (Wildman–Crippen MR) is 92.1 cm³/mol. The average molecular weight is 347 g/mol. The van der Waals surface area contributed by atoms with Crippen molar-refractivity contribution in [2.45, 2.75) is 29.6 Å². The first-order chi connectivity index (χ1) is 11.6. The zero-order valence-corrected chi connectivity index (χ0v) is 14.0. The highest BCUT2D eigenvalue weighted by atomic mass is 32.2. The van der Waals surface area contributed by atoms with Crippen LogP contribution in [0.25, 0.3) is 0 Å². The number of nitrogens with one attached hydrogen (secondary N) is 1. The lowest BCUT2D eigenvalue weighted by Crippen LogP contribution is -2.32. The highest BCUT2D eigenvalue weighted by molar-refractivity contribution is 7.99. The Kier molecular flexibility index (Phi) is 5.19.